The molecule has 2 aromatic carbocycles. The molecule has 27 heavy (non-hydrogen) atoms. The number of likely N-dealkylation sites (tertiary alicyclic amines) is 1. The van der Waals surface area contributed by atoms with Gasteiger partial charge in [0.25, 0.3) is 0 Å². The standard InChI is InChI=1S/C22H26N2O.C2H6/c1-23(22(25)13-12-19-8-4-2-5-9-19)21-14-16-24(17-15-21)18-20-10-6-3-7-11-20;1-2/h2-13,21H,14-18H2,1H3;1-2H3/b13-12+;. The number of hydrogen-bond acceptors (Lipinski definition) is 2. The van der Waals surface area contributed by atoms with Crippen molar-refractivity contribution in [1.29, 1.82) is 0 Å². The van der Waals surface area contributed by atoms with Gasteiger partial charge in [0.15, 0.2) is 0 Å². The van der Waals surface area contributed by atoms with E-state index in [9.17, 15) is 4.79 Å². The van der Waals surface area contributed by atoms with Crippen LogP contribution in [-0.2, 0) is 11.3 Å². The van der Waals surface area contributed by atoms with Crippen LogP contribution in [0.5, 0.6) is 0 Å². The fourth-order valence-corrected chi connectivity index (χ4v) is 3.34. The molecule has 0 saturated carbocycles. The summed E-state index contributed by atoms with van der Waals surface area (Å²) in [5, 5.41) is 0. The molecule has 0 aliphatic carbocycles. The number of benzene rings is 2. The number of carbonyl (C=O) groups excluding carboxylic acids is 1. The Bertz CT molecular complexity index is 689. The van der Waals surface area contributed by atoms with Crippen molar-refractivity contribution in [2.24, 2.45) is 0 Å². The van der Waals surface area contributed by atoms with E-state index >= 15 is 0 Å². The molecular weight excluding hydrogens is 332 g/mol. The maximum atomic E-state index is 12.4. The molecule has 1 heterocycles. The number of likely N-dealkylation sites (N-methyl/N-ethyl adjacent to an activating group) is 1. The number of nitrogens with zero attached hydrogens (tertiary/aromatic N) is 2. The summed E-state index contributed by atoms with van der Waals surface area (Å²) in [6, 6.07) is 20.9. The van der Waals surface area contributed by atoms with Crippen molar-refractivity contribution in [3.05, 3.63) is 77.9 Å². The first-order valence-electron chi connectivity index (χ1n) is 9.98. The van der Waals surface area contributed by atoms with Crippen LogP contribution in [0.3, 0.4) is 0 Å². The molecule has 0 aromatic heterocycles. The monoisotopic (exact) mass is 364 g/mol. The Labute approximate surface area is 164 Å². The van der Waals surface area contributed by atoms with Crippen LogP contribution < -0.4 is 0 Å². The molecule has 1 fully saturated rings. The Hall–Kier alpha value is -2.39. The van der Waals surface area contributed by atoms with Crippen molar-refractivity contribution < 1.29 is 4.79 Å². The first kappa shape index (κ1) is 20.9. The minimum atomic E-state index is 0.0883. The van der Waals surface area contributed by atoms with E-state index in [4.69, 9.17) is 0 Å². The molecular formula is C24H32N2O. The molecule has 2 aromatic rings. The molecule has 0 bridgehead atoms. The Kier molecular flexibility index (Phi) is 8.79. The number of amides is 1. The van der Waals surface area contributed by atoms with E-state index < -0.39 is 0 Å². The van der Waals surface area contributed by atoms with Crippen molar-refractivity contribution >= 4 is 12.0 Å². The van der Waals surface area contributed by atoms with E-state index in [1.165, 1.54) is 5.56 Å². The highest BCUT2D eigenvalue weighted by Gasteiger charge is 2.24. The predicted molar refractivity (Wildman–Crippen MR) is 114 cm³/mol. The Morgan fingerprint density at radius 3 is 2.15 bits per heavy atom. The number of piperidine rings is 1. The van der Waals surface area contributed by atoms with Crippen LogP contribution in [0.2, 0.25) is 0 Å². The van der Waals surface area contributed by atoms with E-state index in [2.05, 4.69) is 35.2 Å². The minimum absolute atomic E-state index is 0.0883. The molecule has 0 spiro atoms. The highest BCUT2D eigenvalue weighted by Crippen LogP contribution is 2.18. The van der Waals surface area contributed by atoms with E-state index in [1.807, 2.05) is 62.2 Å². The fourth-order valence-electron chi connectivity index (χ4n) is 3.34. The van der Waals surface area contributed by atoms with Gasteiger partial charge in [-0.2, -0.15) is 0 Å². The topological polar surface area (TPSA) is 23.6 Å². The molecule has 1 aliphatic rings. The van der Waals surface area contributed by atoms with Gasteiger partial charge in [-0.25, -0.2) is 0 Å². The quantitative estimate of drug-likeness (QED) is 0.708. The van der Waals surface area contributed by atoms with E-state index in [-0.39, 0.29) is 5.91 Å². The third-order valence-corrected chi connectivity index (χ3v) is 4.92. The first-order chi connectivity index (χ1) is 13.2. The summed E-state index contributed by atoms with van der Waals surface area (Å²) in [6.45, 7) is 7.08. The summed E-state index contributed by atoms with van der Waals surface area (Å²) in [7, 11) is 1.93. The summed E-state index contributed by atoms with van der Waals surface area (Å²) in [5.41, 5.74) is 2.41. The van der Waals surface area contributed by atoms with Crippen LogP contribution >= 0.6 is 0 Å². The Morgan fingerprint density at radius 1 is 1.00 bits per heavy atom. The third-order valence-electron chi connectivity index (χ3n) is 4.92. The lowest BCUT2D eigenvalue weighted by Gasteiger charge is -2.36. The normalized spacial score (nSPS) is 15.2. The van der Waals surface area contributed by atoms with Crippen LogP contribution in [0.4, 0.5) is 0 Å². The Balaban J connectivity index is 0.00000126. The lowest BCUT2D eigenvalue weighted by molar-refractivity contribution is -0.127. The molecule has 3 nitrogen and oxygen atoms in total. The highest BCUT2D eigenvalue weighted by molar-refractivity contribution is 5.91. The maximum absolute atomic E-state index is 12.4. The summed E-state index contributed by atoms with van der Waals surface area (Å²) >= 11 is 0. The predicted octanol–water partition coefficient (Wildman–Crippen LogP) is 4.85. The van der Waals surface area contributed by atoms with Gasteiger partial charge in [-0.15, -0.1) is 0 Å². The second-order valence-corrected chi connectivity index (χ2v) is 6.69. The second kappa shape index (κ2) is 11.3. The molecule has 1 amide bonds. The average molecular weight is 365 g/mol. The lowest BCUT2D eigenvalue weighted by Crippen LogP contribution is -2.44. The van der Waals surface area contributed by atoms with Crippen molar-refractivity contribution in [2.75, 3.05) is 20.1 Å². The summed E-state index contributed by atoms with van der Waals surface area (Å²) in [6.07, 6.45) is 5.65. The number of rotatable bonds is 5. The van der Waals surface area contributed by atoms with E-state index in [0.717, 1.165) is 38.0 Å². The zero-order chi connectivity index (χ0) is 19.5. The zero-order valence-corrected chi connectivity index (χ0v) is 16.8. The molecule has 144 valence electrons. The number of carbonyl (C=O) groups is 1. The van der Waals surface area contributed by atoms with Crippen LogP contribution in [0.15, 0.2) is 66.7 Å². The lowest BCUT2D eigenvalue weighted by atomic mass is 10.0. The van der Waals surface area contributed by atoms with E-state index in [1.54, 1.807) is 6.08 Å². The van der Waals surface area contributed by atoms with Gasteiger partial charge in [-0.05, 0) is 30.0 Å². The molecule has 0 atom stereocenters. The van der Waals surface area contributed by atoms with Crippen LogP contribution in [0.1, 0.15) is 37.8 Å². The van der Waals surface area contributed by atoms with E-state index in [0.29, 0.717) is 6.04 Å². The largest absolute Gasteiger partial charge is 0.339 e. The van der Waals surface area contributed by atoms with Gasteiger partial charge in [0.2, 0.25) is 5.91 Å². The summed E-state index contributed by atoms with van der Waals surface area (Å²) in [5.74, 6) is 0.0883. The second-order valence-electron chi connectivity index (χ2n) is 6.69. The van der Waals surface area contributed by atoms with Crippen molar-refractivity contribution in [2.45, 2.75) is 39.3 Å². The van der Waals surface area contributed by atoms with Crippen molar-refractivity contribution in [3.63, 3.8) is 0 Å². The molecule has 3 rings (SSSR count). The van der Waals surface area contributed by atoms with Gasteiger partial charge in [0, 0.05) is 38.8 Å². The van der Waals surface area contributed by atoms with Crippen molar-refractivity contribution in [1.82, 2.24) is 9.80 Å². The molecule has 0 radical (unpaired) electrons. The van der Waals surface area contributed by atoms with Crippen LogP contribution in [0, 0.1) is 0 Å². The third kappa shape index (κ3) is 6.69. The molecule has 1 saturated heterocycles. The van der Waals surface area contributed by atoms with Gasteiger partial charge in [-0.1, -0.05) is 74.5 Å². The van der Waals surface area contributed by atoms with Gasteiger partial charge < -0.3 is 4.90 Å². The van der Waals surface area contributed by atoms with Gasteiger partial charge >= 0.3 is 0 Å². The SMILES string of the molecule is CC.CN(C(=O)/C=C/c1ccccc1)C1CCN(Cc2ccccc2)CC1. The van der Waals surface area contributed by atoms with Crippen LogP contribution in [-0.4, -0.2) is 41.9 Å². The fraction of sp³-hybridized carbons (Fsp3) is 0.375. The Morgan fingerprint density at radius 2 is 1.56 bits per heavy atom. The van der Waals surface area contributed by atoms with Gasteiger partial charge in [0.1, 0.15) is 0 Å². The molecule has 0 N–H and O–H groups in total. The minimum Gasteiger partial charge on any atom is -0.339 e. The number of hydrogen-bond donors (Lipinski definition) is 0. The maximum Gasteiger partial charge on any atom is 0.246 e. The molecule has 1 aliphatic heterocycles. The van der Waals surface area contributed by atoms with Crippen molar-refractivity contribution in [3.8, 4) is 0 Å². The van der Waals surface area contributed by atoms with Gasteiger partial charge in [0.05, 0.1) is 0 Å². The van der Waals surface area contributed by atoms with Crippen LogP contribution in [0.25, 0.3) is 6.08 Å². The highest BCUT2D eigenvalue weighted by atomic mass is 16.2. The smallest absolute Gasteiger partial charge is 0.246 e. The average Bonchev–Trinajstić information content (AvgIpc) is 2.75. The first-order valence-corrected chi connectivity index (χ1v) is 9.98. The summed E-state index contributed by atoms with van der Waals surface area (Å²) in [4.78, 5) is 16.8. The molecule has 0 unspecified atom stereocenters. The van der Waals surface area contributed by atoms with Gasteiger partial charge in [-0.3, -0.25) is 9.69 Å². The molecule has 3 heteroatoms. The summed E-state index contributed by atoms with van der Waals surface area (Å²) < 4.78 is 0. The zero-order valence-electron chi connectivity index (χ0n) is 16.8.